The van der Waals surface area contributed by atoms with Gasteiger partial charge in [-0.15, -0.1) is 0 Å². The van der Waals surface area contributed by atoms with E-state index in [1.165, 1.54) is 16.7 Å². The van der Waals surface area contributed by atoms with E-state index in [1.54, 1.807) is 0 Å². The molecule has 1 fully saturated rings. The van der Waals surface area contributed by atoms with Crippen LogP contribution in [0.15, 0.2) is 84.4 Å². The number of carbonyl (C=O) groups excluding carboxylic acids is 1. The van der Waals surface area contributed by atoms with Crippen LogP contribution < -0.4 is 5.73 Å². The van der Waals surface area contributed by atoms with Crippen LogP contribution in [0.3, 0.4) is 0 Å². The summed E-state index contributed by atoms with van der Waals surface area (Å²) in [5.41, 5.74) is 14.0. The lowest BCUT2D eigenvalue weighted by molar-refractivity contribution is 0.0643. The minimum Gasteiger partial charge on any atom is -0.399 e. The second kappa shape index (κ2) is 11.6. The lowest BCUT2D eigenvalue weighted by Gasteiger charge is -2.31. The first kappa shape index (κ1) is 25.7. The summed E-state index contributed by atoms with van der Waals surface area (Å²) in [4.78, 5) is 17.7. The Balaban J connectivity index is 1.61. The zero-order chi connectivity index (χ0) is 25.7. The van der Waals surface area contributed by atoms with Gasteiger partial charge < -0.3 is 10.6 Å². The Bertz CT molecular complexity index is 1180. The van der Waals surface area contributed by atoms with Crippen molar-refractivity contribution in [2.45, 2.75) is 59.2 Å². The number of hydrogen-bond acceptors (Lipinski definition) is 3. The van der Waals surface area contributed by atoms with Crippen molar-refractivity contribution in [3.05, 3.63) is 107 Å². The number of hydrogen-bond donors (Lipinski definition) is 1. The molecule has 1 saturated heterocycles. The Hall–Kier alpha value is -3.37. The van der Waals surface area contributed by atoms with Gasteiger partial charge >= 0.3 is 0 Å². The number of amides is 1. The summed E-state index contributed by atoms with van der Waals surface area (Å²) in [5.74, 6) is 0.0823. The molecular formula is C32H39N3O. The number of nitrogens with two attached hydrogens (primary N) is 1. The van der Waals surface area contributed by atoms with Crippen molar-refractivity contribution < 1.29 is 4.79 Å². The molecule has 3 aromatic rings. The summed E-state index contributed by atoms with van der Waals surface area (Å²) in [7, 11) is 0. The molecule has 4 nitrogen and oxygen atoms in total. The molecule has 2 N–H and O–H groups in total. The van der Waals surface area contributed by atoms with Crippen LogP contribution in [-0.4, -0.2) is 40.9 Å². The molecule has 0 spiro atoms. The number of piperidine rings is 1. The molecule has 0 radical (unpaired) electrons. The molecule has 0 aliphatic carbocycles. The van der Waals surface area contributed by atoms with Crippen molar-refractivity contribution in [1.29, 1.82) is 0 Å². The van der Waals surface area contributed by atoms with Crippen molar-refractivity contribution in [3.63, 3.8) is 0 Å². The summed E-state index contributed by atoms with van der Waals surface area (Å²) < 4.78 is 0. The Morgan fingerprint density at radius 2 is 1.42 bits per heavy atom. The van der Waals surface area contributed by atoms with Crippen LogP contribution in [0.5, 0.6) is 0 Å². The van der Waals surface area contributed by atoms with Crippen molar-refractivity contribution in [1.82, 2.24) is 9.80 Å². The molecule has 1 aliphatic rings. The maximum absolute atomic E-state index is 13.2. The van der Waals surface area contributed by atoms with Gasteiger partial charge in [0.15, 0.2) is 0 Å². The van der Waals surface area contributed by atoms with Gasteiger partial charge in [-0.1, -0.05) is 60.2 Å². The Labute approximate surface area is 216 Å². The highest BCUT2D eigenvalue weighted by atomic mass is 16.2. The molecule has 0 saturated carbocycles. The minimum absolute atomic E-state index is 0.0823. The van der Waals surface area contributed by atoms with Crippen LogP contribution >= 0.6 is 0 Å². The third-order valence-electron chi connectivity index (χ3n) is 7.01. The molecule has 1 heterocycles. The topological polar surface area (TPSA) is 49.6 Å². The van der Waals surface area contributed by atoms with Gasteiger partial charge in [0.05, 0.1) is 0 Å². The van der Waals surface area contributed by atoms with Crippen LogP contribution in [0, 0.1) is 0 Å². The summed E-state index contributed by atoms with van der Waals surface area (Å²) in [5, 5.41) is 0. The second-order valence-corrected chi connectivity index (χ2v) is 10.3. The zero-order valence-electron chi connectivity index (χ0n) is 22.1. The molecular weight excluding hydrogens is 442 g/mol. The quantitative estimate of drug-likeness (QED) is 0.386. The first-order valence-corrected chi connectivity index (χ1v) is 13.1. The number of benzene rings is 3. The van der Waals surface area contributed by atoms with Crippen molar-refractivity contribution in [3.8, 4) is 0 Å². The average molecular weight is 482 g/mol. The number of anilines is 1. The first-order valence-electron chi connectivity index (χ1n) is 13.1. The van der Waals surface area contributed by atoms with Gasteiger partial charge in [0, 0.05) is 43.0 Å². The van der Waals surface area contributed by atoms with E-state index in [0.29, 0.717) is 0 Å². The van der Waals surface area contributed by atoms with Gasteiger partial charge in [-0.05, 0) is 87.1 Å². The van der Waals surface area contributed by atoms with E-state index in [9.17, 15) is 4.79 Å². The van der Waals surface area contributed by atoms with Gasteiger partial charge in [0.2, 0.25) is 0 Å². The minimum atomic E-state index is 0.0823. The highest BCUT2D eigenvalue weighted by Gasteiger charge is 2.23. The molecule has 3 aromatic carbocycles. The van der Waals surface area contributed by atoms with E-state index in [1.807, 2.05) is 29.2 Å². The number of likely N-dealkylation sites (tertiary alicyclic amines) is 1. The van der Waals surface area contributed by atoms with E-state index < -0.39 is 0 Å². The lowest BCUT2D eigenvalue weighted by atomic mass is 9.87. The van der Waals surface area contributed by atoms with Crippen LogP contribution in [0.4, 0.5) is 5.69 Å². The molecule has 4 heteroatoms. The smallest absolute Gasteiger partial charge is 0.254 e. The fraction of sp³-hybridized carbons (Fsp3) is 0.344. The Morgan fingerprint density at radius 3 is 2.00 bits per heavy atom. The van der Waals surface area contributed by atoms with Gasteiger partial charge in [0.25, 0.3) is 5.91 Å². The van der Waals surface area contributed by atoms with E-state index >= 15 is 0 Å². The highest BCUT2D eigenvalue weighted by Crippen LogP contribution is 2.34. The van der Waals surface area contributed by atoms with E-state index in [-0.39, 0.29) is 18.0 Å². The highest BCUT2D eigenvalue weighted by molar-refractivity contribution is 5.95. The van der Waals surface area contributed by atoms with E-state index in [2.05, 4.69) is 87.2 Å². The van der Waals surface area contributed by atoms with Crippen molar-refractivity contribution >= 4 is 17.2 Å². The van der Waals surface area contributed by atoms with Crippen LogP contribution in [0.25, 0.3) is 5.57 Å². The molecule has 36 heavy (non-hydrogen) atoms. The fourth-order valence-electron chi connectivity index (χ4n) is 5.34. The molecule has 188 valence electrons. The number of rotatable bonds is 7. The standard InChI is InChI=1S/C32H39N3O/c1-23(2)35(24(3)4)32(36)28-15-13-26(14-16-28)31(29-11-8-12-30(33)21-29)27-17-19-34(20-18-27)22-25-9-6-5-7-10-25/h5-16,21,23-24H,17-20,22,33H2,1-4H3. The third-order valence-corrected chi connectivity index (χ3v) is 7.01. The van der Waals surface area contributed by atoms with Gasteiger partial charge in [0.1, 0.15) is 0 Å². The predicted octanol–water partition coefficient (Wildman–Crippen LogP) is 6.63. The van der Waals surface area contributed by atoms with Gasteiger partial charge in [-0.3, -0.25) is 9.69 Å². The average Bonchev–Trinajstić information content (AvgIpc) is 2.86. The maximum Gasteiger partial charge on any atom is 0.254 e. The summed E-state index contributed by atoms with van der Waals surface area (Å²) in [6.07, 6.45) is 2.04. The van der Waals surface area contributed by atoms with Crippen LogP contribution in [0.1, 0.15) is 67.6 Å². The van der Waals surface area contributed by atoms with Crippen LogP contribution in [0.2, 0.25) is 0 Å². The Kier molecular flexibility index (Phi) is 8.27. The van der Waals surface area contributed by atoms with Gasteiger partial charge in [-0.2, -0.15) is 0 Å². The summed E-state index contributed by atoms with van der Waals surface area (Å²) >= 11 is 0. The lowest BCUT2D eigenvalue weighted by Crippen LogP contribution is -2.42. The largest absolute Gasteiger partial charge is 0.399 e. The zero-order valence-corrected chi connectivity index (χ0v) is 22.1. The number of carbonyl (C=O) groups is 1. The van der Waals surface area contributed by atoms with Crippen molar-refractivity contribution in [2.75, 3.05) is 18.8 Å². The fourth-order valence-corrected chi connectivity index (χ4v) is 5.34. The third kappa shape index (κ3) is 6.06. The summed E-state index contributed by atoms with van der Waals surface area (Å²) in [6.45, 7) is 11.3. The SMILES string of the molecule is CC(C)N(C(=O)c1ccc(C(=C2CCN(Cc3ccccc3)CC2)c2cccc(N)c2)cc1)C(C)C. The molecule has 0 aromatic heterocycles. The second-order valence-electron chi connectivity index (χ2n) is 10.3. The molecule has 1 aliphatic heterocycles. The predicted molar refractivity (Wildman–Crippen MR) is 151 cm³/mol. The molecule has 1 amide bonds. The number of nitrogens with zero attached hydrogens (tertiary/aromatic N) is 2. The van der Waals surface area contributed by atoms with Crippen LogP contribution in [-0.2, 0) is 6.54 Å². The number of nitrogen functional groups attached to an aromatic ring is 1. The molecule has 0 atom stereocenters. The molecule has 0 bridgehead atoms. The monoisotopic (exact) mass is 481 g/mol. The summed E-state index contributed by atoms with van der Waals surface area (Å²) in [6, 6.07) is 27.3. The molecule has 0 unspecified atom stereocenters. The molecule has 4 rings (SSSR count). The maximum atomic E-state index is 13.2. The Morgan fingerprint density at radius 1 is 0.806 bits per heavy atom. The first-order chi connectivity index (χ1) is 17.3. The van der Waals surface area contributed by atoms with E-state index in [4.69, 9.17) is 5.73 Å². The van der Waals surface area contributed by atoms with E-state index in [0.717, 1.165) is 54.9 Å². The van der Waals surface area contributed by atoms with Crippen molar-refractivity contribution in [2.24, 2.45) is 0 Å². The van der Waals surface area contributed by atoms with Gasteiger partial charge in [-0.25, -0.2) is 0 Å². The normalized spacial score (nSPS) is 14.3.